The molecule has 19 heavy (non-hydrogen) atoms. The van der Waals surface area contributed by atoms with Gasteiger partial charge in [0.1, 0.15) is 5.75 Å². The lowest BCUT2D eigenvalue weighted by molar-refractivity contribution is 0.251. The van der Waals surface area contributed by atoms with Crippen LogP contribution < -0.4 is 10.5 Å². The van der Waals surface area contributed by atoms with Crippen molar-refractivity contribution in [3.8, 4) is 5.75 Å². The van der Waals surface area contributed by atoms with Crippen molar-refractivity contribution in [1.29, 1.82) is 0 Å². The zero-order chi connectivity index (χ0) is 14.3. The molecule has 1 rings (SSSR count). The first-order valence-corrected chi connectivity index (χ1v) is 7.61. The Bertz CT molecular complexity index is 381. The third kappa shape index (κ3) is 5.84. The third-order valence-electron chi connectivity index (χ3n) is 3.32. The van der Waals surface area contributed by atoms with E-state index in [0.717, 1.165) is 25.2 Å². The Labute approximate surface area is 122 Å². The number of rotatable bonds is 8. The first-order chi connectivity index (χ1) is 9.06. The molecule has 0 radical (unpaired) electrons. The maximum Gasteiger partial charge on any atom is 0.137 e. The molecule has 0 aromatic heterocycles. The first kappa shape index (κ1) is 16.3. The van der Waals surface area contributed by atoms with Crippen molar-refractivity contribution in [2.75, 3.05) is 6.61 Å². The highest BCUT2D eigenvalue weighted by atomic mass is 35.5. The Morgan fingerprint density at radius 2 is 2.05 bits per heavy atom. The molecule has 1 aromatic carbocycles. The van der Waals surface area contributed by atoms with Crippen molar-refractivity contribution in [3.63, 3.8) is 0 Å². The van der Waals surface area contributed by atoms with Gasteiger partial charge in [-0.1, -0.05) is 44.9 Å². The second-order valence-electron chi connectivity index (χ2n) is 5.34. The minimum Gasteiger partial charge on any atom is -0.492 e. The predicted octanol–water partition coefficient (Wildman–Crippen LogP) is 4.43. The monoisotopic (exact) mass is 283 g/mol. The summed E-state index contributed by atoms with van der Waals surface area (Å²) in [6.07, 6.45) is 4.21. The van der Waals surface area contributed by atoms with Crippen LogP contribution in [0, 0.1) is 5.92 Å². The molecule has 0 saturated carbocycles. The average Bonchev–Trinajstić information content (AvgIpc) is 2.38. The summed E-state index contributed by atoms with van der Waals surface area (Å²) in [6, 6.07) is 6.18. The Balaban J connectivity index is 2.57. The zero-order valence-electron chi connectivity index (χ0n) is 12.3. The molecule has 2 unspecified atom stereocenters. The average molecular weight is 284 g/mol. The number of halogens is 1. The van der Waals surface area contributed by atoms with Crippen molar-refractivity contribution in [1.82, 2.24) is 0 Å². The molecular weight excluding hydrogens is 258 g/mol. The highest BCUT2D eigenvalue weighted by Crippen LogP contribution is 2.26. The maximum absolute atomic E-state index is 6.25. The van der Waals surface area contributed by atoms with E-state index in [1.165, 1.54) is 18.4 Å². The molecular formula is C16H26ClNO. The molecule has 0 amide bonds. The quantitative estimate of drug-likeness (QED) is 0.766. The highest BCUT2D eigenvalue weighted by molar-refractivity contribution is 6.32. The lowest BCUT2D eigenvalue weighted by Gasteiger charge is -2.14. The Morgan fingerprint density at radius 3 is 2.63 bits per heavy atom. The molecule has 0 heterocycles. The summed E-state index contributed by atoms with van der Waals surface area (Å²) in [5, 5.41) is 0.685. The fourth-order valence-electron chi connectivity index (χ4n) is 2.04. The van der Waals surface area contributed by atoms with Gasteiger partial charge in [0.05, 0.1) is 11.6 Å². The van der Waals surface area contributed by atoms with Gasteiger partial charge in [0.25, 0.3) is 0 Å². The molecule has 0 aliphatic heterocycles. The minimum absolute atomic E-state index is 0.201. The van der Waals surface area contributed by atoms with E-state index in [4.69, 9.17) is 22.1 Å². The molecule has 2 nitrogen and oxygen atoms in total. The van der Waals surface area contributed by atoms with Crippen LogP contribution in [0.5, 0.6) is 5.75 Å². The normalized spacial score (nSPS) is 14.2. The SMILES string of the molecule is CCCC(C)COc1ccc(CC(N)CC)cc1Cl. The molecule has 2 N–H and O–H groups in total. The minimum atomic E-state index is 0.201. The van der Waals surface area contributed by atoms with E-state index in [0.29, 0.717) is 10.9 Å². The molecule has 108 valence electrons. The van der Waals surface area contributed by atoms with Crippen molar-refractivity contribution >= 4 is 11.6 Å². The van der Waals surface area contributed by atoms with Gasteiger partial charge < -0.3 is 10.5 Å². The van der Waals surface area contributed by atoms with Crippen LogP contribution in [0.2, 0.25) is 5.02 Å². The van der Waals surface area contributed by atoms with Crippen molar-refractivity contribution < 1.29 is 4.74 Å². The van der Waals surface area contributed by atoms with Crippen LogP contribution in [0.4, 0.5) is 0 Å². The molecule has 0 aliphatic rings. The lowest BCUT2D eigenvalue weighted by atomic mass is 10.0. The smallest absolute Gasteiger partial charge is 0.137 e. The summed E-state index contributed by atoms with van der Waals surface area (Å²) in [7, 11) is 0. The number of ether oxygens (including phenoxy) is 1. The number of hydrogen-bond donors (Lipinski definition) is 1. The lowest BCUT2D eigenvalue weighted by Crippen LogP contribution is -2.21. The molecule has 0 saturated heterocycles. The van der Waals surface area contributed by atoms with E-state index in [-0.39, 0.29) is 6.04 Å². The van der Waals surface area contributed by atoms with Crippen LogP contribution in [0.15, 0.2) is 18.2 Å². The van der Waals surface area contributed by atoms with Crippen LogP contribution in [0.25, 0.3) is 0 Å². The maximum atomic E-state index is 6.25. The predicted molar refractivity (Wildman–Crippen MR) is 83.0 cm³/mol. The summed E-state index contributed by atoms with van der Waals surface area (Å²) in [4.78, 5) is 0. The highest BCUT2D eigenvalue weighted by Gasteiger charge is 2.08. The van der Waals surface area contributed by atoms with E-state index in [9.17, 15) is 0 Å². The van der Waals surface area contributed by atoms with Gasteiger partial charge in [-0.15, -0.1) is 0 Å². The van der Waals surface area contributed by atoms with Crippen LogP contribution in [-0.2, 0) is 6.42 Å². The van der Waals surface area contributed by atoms with Gasteiger partial charge >= 0.3 is 0 Å². The van der Waals surface area contributed by atoms with Gasteiger partial charge in [0, 0.05) is 6.04 Å². The van der Waals surface area contributed by atoms with Gasteiger partial charge in [-0.25, -0.2) is 0 Å². The molecule has 1 aromatic rings. The number of hydrogen-bond acceptors (Lipinski definition) is 2. The van der Waals surface area contributed by atoms with E-state index in [2.05, 4.69) is 26.8 Å². The third-order valence-corrected chi connectivity index (χ3v) is 3.62. The van der Waals surface area contributed by atoms with Crippen LogP contribution in [0.1, 0.15) is 45.6 Å². The number of nitrogens with two attached hydrogens (primary N) is 1. The Kier molecular flexibility index (Phi) is 7.25. The summed E-state index contributed by atoms with van der Waals surface area (Å²) < 4.78 is 5.77. The molecule has 0 bridgehead atoms. The fourth-order valence-corrected chi connectivity index (χ4v) is 2.30. The largest absolute Gasteiger partial charge is 0.492 e. The summed E-state index contributed by atoms with van der Waals surface area (Å²) in [5.74, 6) is 1.34. The Hall–Kier alpha value is -0.730. The van der Waals surface area contributed by atoms with Gasteiger partial charge in [0.2, 0.25) is 0 Å². The molecule has 0 spiro atoms. The first-order valence-electron chi connectivity index (χ1n) is 7.23. The van der Waals surface area contributed by atoms with Crippen LogP contribution in [-0.4, -0.2) is 12.6 Å². The molecule has 0 fully saturated rings. The van der Waals surface area contributed by atoms with Gasteiger partial charge in [-0.2, -0.15) is 0 Å². The van der Waals surface area contributed by atoms with Gasteiger partial charge in [-0.3, -0.25) is 0 Å². The van der Waals surface area contributed by atoms with E-state index < -0.39 is 0 Å². The van der Waals surface area contributed by atoms with Gasteiger partial charge in [0.15, 0.2) is 0 Å². The standard InChI is InChI=1S/C16H26ClNO/c1-4-6-12(3)11-19-16-8-7-13(10-15(16)17)9-14(18)5-2/h7-8,10,12,14H,4-6,9,11,18H2,1-3H3. The van der Waals surface area contributed by atoms with Crippen molar-refractivity contribution in [2.24, 2.45) is 11.7 Å². The van der Waals surface area contributed by atoms with Gasteiger partial charge in [-0.05, 0) is 42.9 Å². The second kappa shape index (κ2) is 8.44. The van der Waals surface area contributed by atoms with Crippen molar-refractivity contribution in [3.05, 3.63) is 28.8 Å². The van der Waals surface area contributed by atoms with Crippen molar-refractivity contribution in [2.45, 2.75) is 52.5 Å². The summed E-state index contributed by atoms with van der Waals surface area (Å²) >= 11 is 6.25. The zero-order valence-corrected chi connectivity index (χ0v) is 13.0. The molecule has 0 aliphatic carbocycles. The van der Waals surface area contributed by atoms with E-state index >= 15 is 0 Å². The van der Waals surface area contributed by atoms with E-state index in [1.54, 1.807) is 0 Å². The molecule has 2 atom stereocenters. The number of benzene rings is 1. The molecule has 3 heteroatoms. The second-order valence-corrected chi connectivity index (χ2v) is 5.75. The Morgan fingerprint density at radius 1 is 1.32 bits per heavy atom. The van der Waals surface area contributed by atoms with E-state index in [1.807, 2.05) is 12.1 Å². The summed E-state index contributed by atoms with van der Waals surface area (Å²) in [6.45, 7) is 7.21. The fraction of sp³-hybridized carbons (Fsp3) is 0.625. The summed E-state index contributed by atoms with van der Waals surface area (Å²) in [5.41, 5.74) is 7.12. The van der Waals surface area contributed by atoms with Crippen LogP contribution >= 0.6 is 11.6 Å². The topological polar surface area (TPSA) is 35.2 Å². The van der Waals surface area contributed by atoms with Crippen LogP contribution in [0.3, 0.4) is 0 Å².